The first kappa shape index (κ1) is 20.8. The van der Waals surface area contributed by atoms with Crippen LogP contribution in [0.2, 0.25) is 0 Å². The molecule has 1 aromatic carbocycles. The van der Waals surface area contributed by atoms with Crippen LogP contribution in [0, 0.1) is 17.1 Å². The molecule has 3 heterocycles. The molecule has 3 aromatic rings. The smallest absolute Gasteiger partial charge is 0.225 e. The van der Waals surface area contributed by atoms with Crippen molar-refractivity contribution in [2.45, 2.75) is 38.6 Å². The first-order valence-electron chi connectivity index (χ1n) is 11.2. The van der Waals surface area contributed by atoms with Crippen LogP contribution in [-0.4, -0.2) is 44.4 Å². The van der Waals surface area contributed by atoms with E-state index >= 15 is 4.39 Å². The summed E-state index contributed by atoms with van der Waals surface area (Å²) in [5, 5.41) is 8.07. The minimum absolute atomic E-state index is 0.133. The lowest BCUT2D eigenvalue weighted by Crippen LogP contribution is -2.40. The molecular formula is C24H28FN7. The van der Waals surface area contributed by atoms with Crippen molar-refractivity contribution in [2.24, 2.45) is 18.7 Å². The second-order valence-electron chi connectivity index (χ2n) is 9.01. The number of rotatable bonds is 3. The Morgan fingerprint density at radius 3 is 2.69 bits per heavy atom. The second kappa shape index (κ2) is 8.09. The van der Waals surface area contributed by atoms with Gasteiger partial charge in [-0.1, -0.05) is 13.0 Å². The van der Waals surface area contributed by atoms with E-state index < -0.39 is 0 Å². The van der Waals surface area contributed by atoms with Crippen LogP contribution < -0.4 is 10.6 Å². The Kier molecular flexibility index (Phi) is 5.25. The van der Waals surface area contributed by atoms with E-state index in [1.54, 1.807) is 23.2 Å². The molecule has 0 amide bonds. The number of allylic oxidation sites excluding steroid dienone is 2. The van der Waals surface area contributed by atoms with E-state index in [4.69, 9.17) is 16.1 Å². The number of nitrogens with one attached hydrogen (secondary N) is 1. The molecule has 1 fully saturated rings. The number of benzene rings is 1. The molecule has 5 rings (SSSR count). The number of fused-ring (bicyclic) bond motifs is 1. The maximum atomic E-state index is 15.3. The van der Waals surface area contributed by atoms with Crippen LogP contribution in [0.5, 0.6) is 0 Å². The Labute approximate surface area is 186 Å². The molecule has 32 heavy (non-hydrogen) atoms. The molecule has 1 aliphatic carbocycles. The lowest BCUT2D eigenvalue weighted by Gasteiger charge is -2.31. The SMILES string of the molecule is CC1CC(=N)CC=C1c1nc(N2CCC(N)CC2)ncc1-c1cc2ncn(C)c2cc1F. The number of halogens is 1. The minimum Gasteiger partial charge on any atom is -0.341 e. The standard InChI is InChI=1S/C24H28FN7/c1-14-9-16(27)3-4-17(14)23-19(12-28-24(30-23)32-7-5-15(26)6-8-32)18-10-21-22(11-20(18)25)31(2)13-29-21/h4,10-15,27H,3,5-9,26H2,1-2H3. The van der Waals surface area contributed by atoms with E-state index in [0.29, 0.717) is 35.6 Å². The molecule has 8 heteroatoms. The number of imidazole rings is 1. The van der Waals surface area contributed by atoms with Crippen molar-refractivity contribution >= 4 is 28.3 Å². The lowest BCUT2D eigenvalue weighted by molar-refractivity contribution is 0.495. The van der Waals surface area contributed by atoms with Crippen LogP contribution in [0.25, 0.3) is 27.7 Å². The number of hydrogen-bond donors (Lipinski definition) is 2. The van der Waals surface area contributed by atoms with Crippen LogP contribution in [-0.2, 0) is 7.05 Å². The molecule has 3 N–H and O–H groups in total. The molecule has 0 radical (unpaired) electrons. The van der Waals surface area contributed by atoms with Gasteiger partial charge in [-0.05, 0) is 36.8 Å². The zero-order valence-corrected chi connectivity index (χ0v) is 18.5. The highest BCUT2D eigenvalue weighted by atomic mass is 19.1. The molecule has 1 saturated heterocycles. The molecule has 7 nitrogen and oxygen atoms in total. The molecule has 1 unspecified atom stereocenters. The summed E-state index contributed by atoms with van der Waals surface area (Å²) in [7, 11) is 1.85. The summed E-state index contributed by atoms with van der Waals surface area (Å²) in [4.78, 5) is 16.2. The van der Waals surface area contributed by atoms with Gasteiger partial charge in [-0.15, -0.1) is 0 Å². The van der Waals surface area contributed by atoms with Gasteiger partial charge in [-0.3, -0.25) is 0 Å². The van der Waals surface area contributed by atoms with Gasteiger partial charge in [-0.25, -0.2) is 19.3 Å². The van der Waals surface area contributed by atoms with Gasteiger partial charge >= 0.3 is 0 Å². The van der Waals surface area contributed by atoms with E-state index in [-0.39, 0.29) is 17.8 Å². The van der Waals surface area contributed by atoms with Crippen molar-refractivity contribution in [3.63, 3.8) is 0 Å². The number of nitrogens with zero attached hydrogens (tertiary/aromatic N) is 5. The summed E-state index contributed by atoms with van der Waals surface area (Å²) < 4.78 is 17.1. The predicted molar refractivity (Wildman–Crippen MR) is 125 cm³/mol. The monoisotopic (exact) mass is 433 g/mol. The summed E-state index contributed by atoms with van der Waals surface area (Å²) in [6, 6.07) is 3.52. The first-order valence-corrected chi connectivity index (χ1v) is 11.2. The fourth-order valence-corrected chi connectivity index (χ4v) is 4.72. The summed E-state index contributed by atoms with van der Waals surface area (Å²) in [6.07, 6.45) is 8.59. The van der Waals surface area contributed by atoms with Gasteiger partial charge in [0.05, 0.1) is 23.1 Å². The third kappa shape index (κ3) is 3.68. The third-order valence-corrected chi connectivity index (χ3v) is 6.63. The maximum Gasteiger partial charge on any atom is 0.225 e. The molecule has 1 atom stereocenters. The second-order valence-corrected chi connectivity index (χ2v) is 9.01. The first-order chi connectivity index (χ1) is 15.4. The van der Waals surface area contributed by atoms with E-state index in [1.807, 2.05) is 7.05 Å². The van der Waals surface area contributed by atoms with Crippen molar-refractivity contribution in [1.82, 2.24) is 19.5 Å². The van der Waals surface area contributed by atoms with Crippen molar-refractivity contribution < 1.29 is 4.39 Å². The zero-order chi connectivity index (χ0) is 22.4. The highest BCUT2D eigenvalue weighted by Gasteiger charge is 2.26. The number of piperidine rings is 1. The highest BCUT2D eigenvalue weighted by Crippen LogP contribution is 2.38. The van der Waals surface area contributed by atoms with Gasteiger partial charge in [0.25, 0.3) is 0 Å². The van der Waals surface area contributed by atoms with Gasteiger partial charge in [0.1, 0.15) is 5.82 Å². The van der Waals surface area contributed by atoms with Crippen molar-refractivity contribution in [3.05, 3.63) is 42.2 Å². The molecule has 1 aliphatic heterocycles. The molecule has 2 aromatic heterocycles. The van der Waals surface area contributed by atoms with Crippen molar-refractivity contribution in [1.29, 1.82) is 5.41 Å². The molecule has 0 bridgehead atoms. The molecular weight excluding hydrogens is 405 g/mol. The Hall–Kier alpha value is -3.13. The molecule has 0 spiro atoms. The maximum absolute atomic E-state index is 15.3. The fourth-order valence-electron chi connectivity index (χ4n) is 4.72. The Bertz CT molecular complexity index is 1220. The van der Waals surface area contributed by atoms with Gasteiger partial charge in [0.2, 0.25) is 5.95 Å². The Balaban J connectivity index is 1.65. The van der Waals surface area contributed by atoms with Crippen LogP contribution in [0.1, 0.15) is 38.3 Å². The van der Waals surface area contributed by atoms with Crippen LogP contribution in [0.15, 0.2) is 30.7 Å². The van der Waals surface area contributed by atoms with E-state index in [9.17, 15) is 0 Å². The summed E-state index contributed by atoms with van der Waals surface area (Å²) in [5.41, 5.74) is 11.2. The van der Waals surface area contributed by atoms with Gasteiger partial charge in [0.15, 0.2) is 0 Å². The summed E-state index contributed by atoms with van der Waals surface area (Å²) in [5.74, 6) is 0.470. The summed E-state index contributed by atoms with van der Waals surface area (Å²) in [6.45, 7) is 3.73. The molecule has 166 valence electrons. The Morgan fingerprint density at radius 1 is 1.16 bits per heavy atom. The lowest BCUT2D eigenvalue weighted by atomic mass is 9.84. The van der Waals surface area contributed by atoms with Crippen molar-refractivity contribution in [3.8, 4) is 11.1 Å². The van der Waals surface area contributed by atoms with Gasteiger partial charge in [0, 0.05) is 61.7 Å². The van der Waals surface area contributed by atoms with Crippen molar-refractivity contribution in [2.75, 3.05) is 18.0 Å². The number of aryl methyl sites for hydroxylation is 1. The number of anilines is 1. The van der Waals surface area contributed by atoms with E-state index in [0.717, 1.165) is 48.2 Å². The average molecular weight is 434 g/mol. The van der Waals surface area contributed by atoms with Crippen LogP contribution >= 0.6 is 0 Å². The van der Waals surface area contributed by atoms with Crippen LogP contribution in [0.4, 0.5) is 10.3 Å². The molecule has 2 aliphatic rings. The van der Waals surface area contributed by atoms with Gasteiger partial charge < -0.3 is 20.6 Å². The summed E-state index contributed by atoms with van der Waals surface area (Å²) >= 11 is 0. The number of hydrogen-bond acceptors (Lipinski definition) is 6. The number of nitrogens with two attached hydrogens (primary N) is 1. The number of aromatic nitrogens is 4. The normalized spacial score (nSPS) is 20.1. The van der Waals surface area contributed by atoms with Gasteiger partial charge in [-0.2, -0.15) is 0 Å². The van der Waals surface area contributed by atoms with E-state index in [1.165, 1.54) is 6.07 Å². The highest BCUT2D eigenvalue weighted by molar-refractivity contribution is 5.92. The van der Waals surface area contributed by atoms with Crippen LogP contribution in [0.3, 0.4) is 0 Å². The Morgan fingerprint density at radius 2 is 1.94 bits per heavy atom. The minimum atomic E-state index is -0.320. The third-order valence-electron chi connectivity index (χ3n) is 6.63. The quantitative estimate of drug-likeness (QED) is 0.652. The predicted octanol–water partition coefficient (Wildman–Crippen LogP) is 3.93. The fraction of sp³-hybridized carbons (Fsp3) is 0.417. The molecule has 0 saturated carbocycles. The van der Waals surface area contributed by atoms with E-state index in [2.05, 4.69) is 27.9 Å². The zero-order valence-electron chi connectivity index (χ0n) is 18.5. The topological polar surface area (TPSA) is 96.7 Å². The largest absolute Gasteiger partial charge is 0.341 e. The average Bonchev–Trinajstić information content (AvgIpc) is 3.13.